The lowest BCUT2D eigenvalue weighted by atomic mass is 10.5. The Morgan fingerprint density at radius 2 is 1.83 bits per heavy atom. The summed E-state index contributed by atoms with van der Waals surface area (Å²) in [5, 5.41) is 0. The van der Waals surface area contributed by atoms with Crippen LogP contribution in [0.5, 0.6) is 0 Å². The van der Waals surface area contributed by atoms with Crippen LogP contribution < -0.4 is 5.73 Å². The van der Waals surface area contributed by atoms with Gasteiger partial charge < -0.3 is 5.73 Å². The quantitative estimate of drug-likeness (QED) is 0.525. The molecule has 0 aliphatic rings. The molecule has 0 bridgehead atoms. The Morgan fingerprint density at radius 1 is 1.67 bits per heavy atom. The van der Waals surface area contributed by atoms with E-state index >= 15 is 0 Å². The number of rotatable bonds is 1. The summed E-state index contributed by atoms with van der Waals surface area (Å²) in [7, 11) is 0. The van der Waals surface area contributed by atoms with Gasteiger partial charge in [-0.1, -0.05) is 38.8 Å². The molecule has 0 atom stereocenters. The van der Waals surface area contributed by atoms with Gasteiger partial charge in [-0.25, -0.2) is 0 Å². The van der Waals surface area contributed by atoms with Crippen molar-refractivity contribution >= 4 is 31.9 Å². The van der Waals surface area contributed by atoms with Gasteiger partial charge in [-0.05, 0) is 6.42 Å². The maximum Gasteiger partial charge on any atom is 0.127 e. The summed E-state index contributed by atoms with van der Waals surface area (Å²) in [4.78, 5) is 0. The van der Waals surface area contributed by atoms with Crippen LogP contribution in [0.3, 0.4) is 0 Å². The molecule has 0 amide bonds. The van der Waals surface area contributed by atoms with Crippen molar-refractivity contribution in [3.63, 3.8) is 0 Å². The lowest BCUT2D eigenvalue weighted by Crippen LogP contribution is -2.21. The minimum atomic E-state index is -0.333. The smallest absolute Gasteiger partial charge is 0.127 e. The molecule has 2 N–H and O–H groups in total. The van der Waals surface area contributed by atoms with Gasteiger partial charge in [0.2, 0.25) is 0 Å². The molecule has 6 heavy (non-hydrogen) atoms. The van der Waals surface area contributed by atoms with Gasteiger partial charge in [-0.2, -0.15) is 0 Å². The molecule has 0 fully saturated rings. The van der Waals surface area contributed by atoms with E-state index in [0.29, 0.717) is 0 Å². The maximum absolute atomic E-state index is 5.37. The molecule has 1 nitrogen and oxygen atoms in total. The van der Waals surface area contributed by atoms with Crippen molar-refractivity contribution < 1.29 is 0 Å². The Hall–Kier alpha value is 0.920. The Morgan fingerprint density at radius 3 is 1.83 bits per heavy atom. The van der Waals surface area contributed by atoms with E-state index in [1.54, 1.807) is 0 Å². The molecule has 0 radical (unpaired) electrons. The second kappa shape index (κ2) is 2.28. The van der Waals surface area contributed by atoms with E-state index in [1.807, 2.05) is 6.92 Å². The molecular formula is C3H7Br2N. The highest BCUT2D eigenvalue weighted by Crippen LogP contribution is 2.21. The van der Waals surface area contributed by atoms with Crippen LogP contribution in [0.15, 0.2) is 0 Å². The van der Waals surface area contributed by atoms with Crippen molar-refractivity contribution in [2.45, 2.75) is 16.7 Å². The van der Waals surface area contributed by atoms with Gasteiger partial charge in [0.25, 0.3) is 0 Å². The second-order valence-corrected chi connectivity index (χ2v) is 5.01. The van der Waals surface area contributed by atoms with Crippen molar-refractivity contribution in [1.82, 2.24) is 0 Å². The zero-order valence-electron chi connectivity index (χ0n) is 3.54. The highest BCUT2D eigenvalue weighted by molar-refractivity contribution is 9.25. The van der Waals surface area contributed by atoms with Crippen molar-refractivity contribution in [2.24, 2.45) is 5.73 Å². The van der Waals surface area contributed by atoms with Crippen LogP contribution in [0.25, 0.3) is 0 Å². The third-order valence-electron chi connectivity index (χ3n) is 0.471. The Kier molecular flexibility index (Phi) is 2.63. The van der Waals surface area contributed by atoms with Crippen LogP contribution in [0.1, 0.15) is 13.3 Å². The van der Waals surface area contributed by atoms with Crippen molar-refractivity contribution in [2.75, 3.05) is 0 Å². The van der Waals surface area contributed by atoms with Crippen molar-refractivity contribution in [3.8, 4) is 0 Å². The van der Waals surface area contributed by atoms with Gasteiger partial charge in [0.1, 0.15) is 3.36 Å². The molecule has 0 spiro atoms. The van der Waals surface area contributed by atoms with Crippen LogP contribution in [-0.4, -0.2) is 3.36 Å². The standard InChI is InChI=1S/C3H7Br2N/c1-2-3(4,5)6/h2,6H2,1H3. The van der Waals surface area contributed by atoms with E-state index in [1.165, 1.54) is 0 Å². The van der Waals surface area contributed by atoms with Gasteiger partial charge >= 0.3 is 0 Å². The molecule has 3 heteroatoms. The van der Waals surface area contributed by atoms with E-state index in [-0.39, 0.29) is 3.36 Å². The van der Waals surface area contributed by atoms with Crippen LogP contribution in [0, 0.1) is 0 Å². The Labute approximate surface area is 54.5 Å². The second-order valence-electron chi connectivity index (χ2n) is 1.11. The molecule has 0 saturated carbocycles. The first-order valence-corrected chi connectivity index (χ1v) is 3.31. The van der Waals surface area contributed by atoms with E-state index < -0.39 is 0 Å². The summed E-state index contributed by atoms with van der Waals surface area (Å²) in [5.41, 5.74) is 5.37. The number of nitrogens with two attached hydrogens (primary N) is 1. The zero-order valence-corrected chi connectivity index (χ0v) is 6.71. The lowest BCUT2D eigenvalue weighted by molar-refractivity contribution is 0.840. The molecule has 0 aromatic rings. The fourth-order valence-corrected chi connectivity index (χ4v) is 0. The minimum Gasteiger partial charge on any atom is -0.307 e. The van der Waals surface area contributed by atoms with E-state index in [2.05, 4.69) is 31.9 Å². The summed E-state index contributed by atoms with van der Waals surface area (Å²) in [6, 6.07) is 0. The summed E-state index contributed by atoms with van der Waals surface area (Å²) in [6.45, 7) is 1.99. The average molecular weight is 217 g/mol. The van der Waals surface area contributed by atoms with Crippen LogP contribution in [-0.2, 0) is 0 Å². The van der Waals surface area contributed by atoms with Crippen molar-refractivity contribution in [3.05, 3.63) is 0 Å². The maximum atomic E-state index is 5.37. The zero-order chi connectivity index (χ0) is 5.21. The highest BCUT2D eigenvalue weighted by Gasteiger charge is 2.09. The van der Waals surface area contributed by atoms with Crippen LogP contribution in [0.2, 0.25) is 0 Å². The van der Waals surface area contributed by atoms with Gasteiger partial charge in [0, 0.05) is 0 Å². The van der Waals surface area contributed by atoms with Gasteiger partial charge in [0.05, 0.1) is 0 Å². The number of hydrogen-bond acceptors (Lipinski definition) is 1. The molecule has 0 rings (SSSR count). The van der Waals surface area contributed by atoms with E-state index in [4.69, 9.17) is 5.73 Å². The van der Waals surface area contributed by atoms with Gasteiger partial charge in [-0.15, -0.1) is 0 Å². The number of halogens is 2. The topological polar surface area (TPSA) is 26.0 Å². The minimum absolute atomic E-state index is 0.333. The largest absolute Gasteiger partial charge is 0.307 e. The number of hydrogen-bond donors (Lipinski definition) is 1. The molecule has 0 aromatic carbocycles. The number of alkyl halides is 2. The summed E-state index contributed by atoms with van der Waals surface area (Å²) in [6.07, 6.45) is 0.882. The van der Waals surface area contributed by atoms with Gasteiger partial charge in [-0.3, -0.25) is 0 Å². The average Bonchev–Trinajstić information content (AvgIpc) is 1.35. The lowest BCUT2D eigenvalue weighted by Gasteiger charge is -2.07. The monoisotopic (exact) mass is 215 g/mol. The van der Waals surface area contributed by atoms with Crippen LogP contribution >= 0.6 is 31.9 Å². The summed E-state index contributed by atoms with van der Waals surface area (Å²) >= 11 is 6.34. The van der Waals surface area contributed by atoms with Gasteiger partial charge in [0.15, 0.2) is 0 Å². The first kappa shape index (κ1) is 6.92. The Bertz CT molecular complexity index is 38.5. The molecule has 38 valence electrons. The fraction of sp³-hybridized carbons (Fsp3) is 1.00. The molecule has 0 aliphatic heterocycles. The Balaban J connectivity index is 3.17. The van der Waals surface area contributed by atoms with Crippen LogP contribution in [0.4, 0.5) is 0 Å². The molecule has 0 saturated heterocycles. The molecule has 0 heterocycles. The fourth-order valence-electron chi connectivity index (χ4n) is 0. The normalized spacial score (nSPS) is 12.0. The first-order chi connectivity index (χ1) is 2.56. The highest BCUT2D eigenvalue weighted by atomic mass is 79.9. The predicted molar refractivity (Wildman–Crippen MR) is 35.1 cm³/mol. The van der Waals surface area contributed by atoms with E-state index in [0.717, 1.165) is 6.42 Å². The molecular weight excluding hydrogens is 210 g/mol. The molecule has 0 aliphatic carbocycles. The van der Waals surface area contributed by atoms with Crippen molar-refractivity contribution in [1.29, 1.82) is 0 Å². The predicted octanol–water partition coefficient (Wildman–Crippen LogP) is 1.80. The van der Waals surface area contributed by atoms with E-state index in [9.17, 15) is 0 Å². The first-order valence-electron chi connectivity index (χ1n) is 1.73. The summed E-state index contributed by atoms with van der Waals surface area (Å²) in [5.74, 6) is 0. The molecule has 0 aromatic heterocycles. The SMILES string of the molecule is CCC(N)(Br)Br. The third kappa shape index (κ3) is 4.92. The third-order valence-corrected chi connectivity index (χ3v) is 1.59. The molecule has 0 unspecified atom stereocenters. The summed E-state index contributed by atoms with van der Waals surface area (Å²) < 4.78 is -0.333.